The van der Waals surface area contributed by atoms with Gasteiger partial charge in [0.05, 0.1) is 6.61 Å². The van der Waals surface area contributed by atoms with Gasteiger partial charge in [0, 0.05) is 0 Å². The minimum absolute atomic E-state index is 0.116. The zero-order chi connectivity index (χ0) is 15.9. The number of halogens is 1. The van der Waals surface area contributed by atoms with Gasteiger partial charge in [0.25, 0.3) is 0 Å². The molecule has 2 aromatic rings. The average Bonchev–Trinajstić information content (AvgIpc) is 2.52. The highest BCUT2D eigenvalue weighted by Crippen LogP contribution is 2.22. The van der Waals surface area contributed by atoms with Gasteiger partial charge in [0.2, 0.25) is 0 Å². The molecule has 22 heavy (non-hydrogen) atoms. The van der Waals surface area contributed by atoms with Gasteiger partial charge in [0.15, 0.2) is 0 Å². The Morgan fingerprint density at radius 2 is 1.77 bits per heavy atom. The van der Waals surface area contributed by atoms with Gasteiger partial charge < -0.3 is 10.5 Å². The summed E-state index contributed by atoms with van der Waals surface area (Å²) < 4.78 is 19.1. The molecule has 0 radical (unpaired) electrons. The Morgan fingerprint density at radius 1 is 1.05 bits per heavy atom. The molecule has 0 amide bonds. The van der Waals surface area contributed by atoms with Gasteiger partial charge in [-0.15, -0.1) is 0 Å². The summed E-state index contributed by atoms with van der Waals surface area (Å²) in [5.41, 5.74) is 8.04. The fraction of sp³-hybridized carbons (Fsp3) is 0.368. The number of hydrogen-bond donors (Lipinski definition) is 1. The van der Waals surface area contributed by atoms with Crippen molar-refractivity contribution in [2.75, 3.05) is 13.2 Å². The monoisotopic (exact) mass is 301 g/mol. The fourth-order valence-corrected chi connectivity index (χ4v) is 2.45. The Balaban J connectivity index is 1.88. The van der Waals surface area contributed by atoms with Crippen molar-refractivity contribution in [1.82, 2.24) is 0 Å². The number of ether oxygens (including phenoxy) is 1. The molecular formula is C19H24FNO. The van der Waals surface area contributed by atoms with E-state index in [-0.39, 0.29) is 11.7 Å². The molecule has 118 valence electrons. The molecular weight excluding hydrogens is 277 g/mol. The van der Waals surface area contributed by atoms with E-state index < -0.39 is 0 Å². The highest BCUT2D eigenvalue weighted by atomic mass is 19.1. The van der Waals surface area contributed by atoms with Crippen LogP contribution < -0.4 is 10.5 Å². The molecule has 2 rings (SSSR count). The van der Waals surface area contributed by atoms with Crippen LogP contribution in [0.15, 0.2) is 48.5 Å². The van der Waals surface area contributed by atoms with Crippen LogP contribution in [0.2, 0.25) is 0 Å². The largest absolute Gasteiger partial charge is 0.494 e. The first-order valence-electron chi connectivity index (χ1n) is 7.78. The van der Waals surface area contributed by atoms with E-state index in [1.807, 2.05) is 18.2 Å². The molecule has 0 aliphatic carbocycles. The summed E-state index contributed by atoms with van der Waals surface area (Å²) in [6, 6.07) is 14.8. The topological polar surface area (TPSA) is 35.2 Å². The number of nitrogens with two attached hydrogens (primary N) is 1. The van der Waals surface area contributed by atoms with Gasteiger partial charge in [-0.25, -0.2) is 4.39 Å². The van der Waals surface area contributed by atoms with Crippen LogP contribution in [0, 0.1) is 5.82 Å². The molecule has 1 atom stereocenters. The maximum absolute atomic E-state index is 13.3. The summed E-state index contributed by atoms with van der Waals surface area (Å²) in [5.74, 6) is 1.27. The molecule has 0 bridgehead atoms. The number of benzene rings is 2. The molecule has 0 spiro atoms. The molecule has 0 saturated heterocycles. The zero-order valence-corrected chi connectivity index (χ0v) is 13.3. The number of hydrogen-bond acceptors (Lipinski definition) is 2. The molecule has 0 aromatic heterocycles. The van der Waals surface area contributed by atoms with Crippen molar-refractivity contribution >= 4 is 0 Å². The fourth-order valence-electron chi connectivity index (χ4n) is 2.45. The molecule has 0 heterocycles. The zero-order valence-electron chi connectivity index (χ0n) is 13.3. The van der Waals surface area contributed by atoms with Crippen LogP contribution in [0.3, 0.4) is 0 Å². The van der Waals surface area contributed by atoms with Crippen LogP contribution in [0.5, 0.6) is 5.75 Å². The Hall–Kier alpha value is -1.87. The molecule has 0 fully saturated rings. The van der Waals surface area contributed by atoms with Crippen LogP contribution in [0.25, 0.3) is 0 Å². The van der Waals surface area contributed by atoms with Crippen molar-refractivity contribution in [2.45, 2.75) is 32.1 Å². The third kappa shape index (κ3) is 4.57. The Kier molecular flexibility index (Phi) is 5.96. The van der Waals surface area contributed by atoms with Crippen molar-refractivity contribution in [3.8, 4) is 5.75 Å². The van der Waals surface area contributed by atoms with Crippen molar-refractivity contribution in [2.24, 2.45) is 5.73 Å². The van der Waals surface area contributed by atoms with Gasteiger partial charge in [-0.2, -0.15) is 0 Å². The predicted molar refractivity (Wildman–Crippen MR) is 88.8 cm³/mol. The predicted octanol–water partition coefficient (Wildman–Crippen LogP) is 4.46. The minimum Gasteiger partial charge on any atom is -0.494 e. The lowest BCUT2D eigenvalue weighted by Gasteiger charge is -2.16. The lowest BCUT2D eigenvalue weighted by Crippen LogP contribution is -2.15. The van der Waals surface area contributed by atoms with Crippen molar-refractivity contribution in [1.29, 1.82) is 0 Å². The van der Waals surface area contributed by atoms with Gasteiger partial charge in [-0.05, 0) is 60.2 Å². The van der Waals surface area contributed by atoms with Crippen molar-refractivity contribution in [3.05, 3.63) is 65.5 Å². The quantitative estimate of drug-likeness (QED) is 0.819. The molecule has 1 unspecified atom stereocenters. The second-order valence-corrected chi connectivity index (χ2v) is 5.85. The van der Waals surface area contributed by atoms with Crippen molar-refractivity contribution in [3.63, 3.8) is 0 Å². The molecule has 0 saturated carbocycles. The lowest BCUT2D eigenvalue weighted by molar-refractivity contribution is 0.298. The molecule has 2 N–H and O–H groups in total. The van der Waals surface area contributed by atoms with Gasteiger partial charge in [0.1, 0.15) is 11.6 Å². The molecule has 2 aromatic carbocycles. The summed E-state index contributed by atoms with van der Waals surface area (Å²) in [4.78, 5) is 0. The van der Waals surface area contributed by atoms with E-state index in [1.165, 1.54) is 11.6 Å². The second-order valence-electron chi connectivity index (χ2n) is 5.85. The average molecular weight is 301 g/mol. The van der Waals surface area contributed by atoms with Crippen LogP contribution in [-0.2, 0) is 0 Å². The van der Waals surface area contributed by atoms with E-state index in [0.29, 0.717) is 19.1 Å². The van der Waals surface area contributed by atoms with E-state index in [9.17, 15) is 4.39 Å². The van der Waals surface area contributed by atoms with Crippen LogP contribution in [0.4, 0.5) is 4.39 Å². The third-order valence-electron chi connectivity index (χ3n) is 3.89. The summed E-state index contributed by atoms with van der Waals surface area (Å²) in [7, 11) is 0. The van der Waals surface area contributed by atoms with E-state index in [2.05, 4.69) is 26.0 Å². The van der Waals surface area contributed by atoms with E-state index >= 15 is 0 Å². The second kappa shape index (κ2) is 7.95. The summed E-state index contributed by atoms with van der Waals surface area (Å²) in [6.45, 7) is 5.39. The first-order chi connectivity index (χ1) is 10.6. The molecule has 3 heteroatoms. The Labute approximate surface area is 132 Å². The summed E-state index contributed by atoms with van der Waals surface area (Å²) >= 11 is 0. The Bertz CT molecular complexity index is 580. The summed E-state index contributed by atoms with van der Waals surface area (Å²) in [6.07, 6.45) is 0.770. The van der Waals surface area contributed by atoms with Gasteiger partial charge >= 0.3 is 0 Å². The van der Waals surface area contributed by atoms with Crippen LogP contribution in [0.1, 0.15) is 43.2 Å². The van der Waals surface area contributed by atoms with E-state index in [1.54, 1.807) is 12.1 Å². The first-order valence-corrected chi connectivity index (χ1v) is 7.78. The molecule has 0 aliphatic rings. The van der Waals surface area contributed by atoms with E-state index in [0.717, 1.165) is 17.7 Å². The smallest absolute Gasteiger partial charge is 0.123 e. The lowest BCUT2D eigenvalue weighted by atomic mass is 9.96. The van der Waals surface area contributed by atoms with Crippen LogP contribution >= 0.6 is 0 Å². The normalized spacial score (nSPS) is 12.4. The summed E-state index contributed by atoms with van der Waals surface area (Å²) in [5, 5.41) is 0. The Morgan fingerprint density at radius 3 is 2.36 bits per heavy atom. The SMILES string of the molecule is CC(C)c1ccc(OCCC(CN)c2cccc(F)c2)cc1. The standard InChI is InChI=1S/C19H24FNO/c1-14(2)15-6-8-19(9-7-15)22-11-10-17(13-21)16-4-3-5-18(20)12-16/h3-9,12,14,17H,10-11,13,21H2,1-2H3. The van der Waals surface area contributed by atoms with Crippen LogP contribution in [-0.4, -0.2) is 13.2 Å². The van der Waals surface area contributed by atoms with E-state index in [4.69, 9.17) is 10.5 Å². The molecule has 2 nitrogen and oxygen atoms in total. The van der Waals surface area contributed by atoms with Gasteiger partial charge in [-0.3, -0.25) is 0 Å². The highest BCUT2D eigenvalue weighted by Gasteiger charge is 2.10. The number of rotatable bonds is 7. The minimum atomic E-state index is -0.221. The van der Waals surface area contributed by atoms with Gasteiger partial charge in [-0.1, -0.05) is 38.1 Å². The highest BCUT2D eigenvalue weighted by molar-refractivity contribution is 5.29. The van der Waals surface area contributed by atoms with Crippen molar-refractivity contribution < 1.29 is 9.13 Å². The first kappa shape index (κ1) is 16.5. The molecule has 0 aliphatic heterocycles. The third-order valence-corrected chi connectivity index (χ3v) is 3.89. The maximum atomic E-state index is 13.3. The maximum Gasteiger partial charge on any atom is 0.123 e.